The molecule has 1 heterocycles. The lowest BCUT2D eigenvalue weighted by Crippen LogP contribution is -2.03. The second-order valence-corrected chi connectivity index (χ2v) is 6.92. The van der Waals surface area contributed by atoms with Crippen LogP contribution in [0.3, 0.4) is 0 Å². The summed E-state index contributed by atoms with van der Waals surface area (Å²) in [5, 5.41) is 14.4. The van der Waals surface area contributed by atoms with Gasteiger partial charge in [-0.3, -0.25) is 0 Å². The summed E-state index contributed by atoms with van der Waals surface area (Å²) in [6.45, 7) is -0.212. The Bertz CT molecular complexity index is 822. The van der Waals surface area contributed by atoms with Crippen LogP contribution < -0.4 is 0 Å². The van der Waals surface area contributed by atoms with Gasteiger partial charge in [0.1, 0.15) is 5.82 Å². The number of hydrogen-bond acceptors (Lipinski definition) is 5. The molecule has 0 atom stereocenters. The molecule has 1 aromatic carbocycles. The molecule has 0 aliphatic heterocycles. The lowest BCUT2D eigenvalue weighted by molar-refractivity contribution is -0.392. The highest BCUT2D eigenvalue weighted by Gasteiger charge is 2.30. The van der Waals surface area contributed by atoms with E-state index in [-0.39, 0.29) is 17.1 Å². The maximum Gasteiger partial charge on any atom is 0.410 e. The average Bonchev–Trinajstić information content (AvgIpc) is 2.77. The quantitative estimate of drug-likeness (QED) is 0.478. The third-order valence-electron chi connectivity index (χ3n) is 2.49. The molecule has 0 N–H and O–H groups in total. The molecule has 0 aliphatic rings. The average molecular weight is 354 g/mol. The number of halogens is 3. The zero-order valence-corrected chi connectivity index (χ0v) is 12.4. The van der Waals surface area contributed by atoms with Crippen LogP contribution in [-0.2, 0) is 15.6 Å². The minimum atomic E-state index is -4.33. The van der Waals surface area contributed by atoms with Gasteiger partial charge in [0.05, 0.1) is 17.8 Å². The maximum absolute atomic E-state index is 13.6. The maximum atomic E-state index is 13.6. The van der Waals surface area contributed by atoms with Gasteiger partial charge in [-0.2, -0.15) is 4.68 Å². The lowest BCUT2D eigenvalue weighted by atomic mass is 10.2. The van der Waals surface area contributed by atoms with Gasteiger partial charge in [0, 0.05) is 21.3 Å². The van der Waals surface area contributed by atoms with Crippen LogP contribution in [-0.4, -0.2) is 23.1 Å². The second kappa shape index (κ2) is 5.58. The molecule has 0 saturated carbocycles. The highest BCUT2D eigenvalue weighted by atomic mass is 35.7. The number of nitrogens with zero attached hydrogens (tertiary/aromatic N) is 3. The van der Waals surface area contributed by atoms with Crippen molar-refractivity contribution in [2.75, 3.05) is 0 Å². The van der Waals surface area contributed by atoms with Gasteiger partial charge in [-0.1, -0.05) is 17.7 Å². The van der Waals surface area contributed by atoms with E-state index in [1.54, 1.807) is 0 Å². The SMILES string of the molecule is O=[N+]([O-])c1nn(Cc2ccc(Cl)cc2F)cc1S(=O)(=O)Cl. The van der Waals surface area contributed by atoms with Gasteiger partial charge >= 0.3 is 5.82 Å². The van der Waals surface area contributed by atoms with Crippen LogP contribution in [0.15, 0.2) is 29.3 Å². The van der Waals surface area contributed by atoms with Crippen LogP contribution in [0.25, 0.3) is 0 Å². The van der Waals surface area contributed by atoms with Crippen LogP contribution in [0.2, 0.25) is 5.02 Å². The molecule has 112 valence electrons. The molecule has 7 nitrogen and oxygen atoms in total. The number of rotatable bonds is 4. The standard InChI is InChI=1S/C10H6Cl2FN3O4S/c11-7-2-1-6(8(13)3-7)4-15-5-9(21(12,19)20)10(14-15)16(17)18/h1-3,5H,4H2. The van der Waals surface area contributed by atoms with E-state index in [4.69, 9.17) is 22.3 Å². The summed E-state index contributed by atoms with van der Waals surface area (Å²) < 4.78 is 37.1. The van der Waals surface area contributed by atoms with Crippen molar-refractivity contribution >= 4 is 37.2 Å². The summed E-state index contributed by atoms with van der Waals surface area (Å²) in [7, 11) is 0.765. The largest absolute Gasteiger partial charge is 0.410 e. The van der Waals surface area contributed by atoms with E-state index in [9.17, 15) is 22.9 Å². The smallest absolute Gasteiger partial charge is 0.358 e. The predicted molar refractivity (Wildman–Crippen MR) is 72.4 cm³/mol. The van der Waals surface area contributed by atoms with Crippen molar-refractivity contribution in [2.45, 2.75) is 11.4 Å². The fraction of sp³-hybridized carbons (Fsp3) is 0.100. The van der Waals surface area contributed by atoms with Crippen LogP contribution in [0.4, 0.5) is 10.2 Å². The summed E-state index contributed by atoms with van der Waals surface area (Å²) >= 11 is 5.60. The molecule has 0 aliphatic carbocycles. The van der Waals surface area contributed by atoms with Gasteiger partial charge < -0.3 is 10.1 Å². The first kappa shape index (κ1) is 15.7. The number of aromatic nitrogens is 2. The van der Waals surface area contributed by atoms with Crippen LogP contribution in [0.5, 0.6) is 0 Å². The van der Waals surface area contributed by atoms with E-state index < -0.39 is 30.5 Å². The zero-order chi connectivity index (χ0) is 15.8. The molecule has 0 amide bonds. The minimum Gasteiger partial charge on any atom is -0.358 e. The third kappa shape index (κ3) is 3.49. The summed E-state index contributed by atoms with van der Waals surface area (Å²) in [5.74, 6) is -1.56. The fourth-order valence-electron chi connectivity index (χ4n) is 1.60. The van der Waals surface area contributed by atoms with Crippen molar-refractivity contribution in [2.24, 2.45) is 0 Å². The molecule has 0 unspecified atom stereocenters. The number of nitro groups is 1. The van der Waals surface area contributed by atoms with Crippen LogP contribution in [0, 0.1) is 15.9 Å². The Morgan fingerprint density at radius 3 is 2.57 bits per heavy atom. The van der Waals surface area contributed by atoms with Crippen LogP contribution >= 0.6 is 22.3 Å². The first-order chi connectivity index (χ1) is 9.68. The summed E-state index contributed by atoms with van der Waals surface area (Å²) in [4.78, 5) is 9.03. The zero-order valence-electron chi connectivity index (χ0n) is 10.0. The molecule has 2 aromatic rings. The molecule has 11 heteroatoms. The second-order valence-electron chi connectivity index (χ2n) is 3.95. The van der Waals surface area contributed by atoms with Crippen molar-refractivity contribution in [3.8, 4) is 0 Å². The van der Waals surface area contributed by atoms with Crippen molar-refractivity contribution in [1.29, 1.82) is 0 Å². The van der Waals surface area contributed by atoms with E-state index in [2.05, 4.69) is 5.10 Å². The molecule has 0 radical (unpaired) electrons. The van der Waals surface area contributed by atoms with E-state index in [1.807, 2.05) is 0 Å². The predicted octanol–water partition coefficient (Wildman–Crippen LogP) is 2.56. The normalized spacial score (nSPS) is 11.6. The third-order valence-corrected chi connectivity index (χ3v) is 4.04. The molecule has 1 aromatic heterocycles. The van der Waals surface area contributed by atoms with E-state index in [0.717, 1.165) is 16.9 Å². The van der Waals surface area contributed by atoms with Gasteiger partial charge in [0.15, 0.2) is 0 Å². The van der Waals surface area contributed by atoms with Gasteiger partial charge in [-0.25, -0.2) is 12.8 Å². The highest BCUT2D eigenvalue weighted by molar-refractivity contribution is 8.13. The molecular weight excluding hydrogens is 348 g/mol. The van der Waals surface area contributed by atoms with Gasteiger partial charge in [-0.05, 0) is 17.1 Å². The summed E-state index contributed by atoms with van der Waals surface area (Å²) in [6.07, 6.45) is 0.870. The number of hydrogen-bond donors (Lipinski definition) is 0. The highest BCUT2D eigenvalue weighted by Crippen LogP contribution is 2.25. The minimum absolute atomic E-state index is 0.135. The molecule has 0 bridgehead atoms. The Labute approximate surface area is 127 Å². The van der Waals surface area contributed by atoms with Crippen LogP contribution in [0.1, 0.15) is 5.56 Å². The van der Waals surface area contributed by atoms with Crippen molar-refractivity contribution < 1.29 is 17.7 Å². The summed E-state index contributed by atoms with van der Waals surface area (Å²) in [5.41, 5.74) is 0.135. The van der Waals surface area contributed by atoms with Gasteiger partial charge in [0.2, 0.25) is 4.90 Å². The van der Waals surface area contributed by atoms with E-state index in [1.165, 1.54) is 12.1 Å². The van der Waals surface area contributed by atoms with Gasteiger partial charge in [-0.15, -0.1) is 0 Å². The van der Waals surface area contributed by atoms with Crippen molar-refractivity contribution in [1.82, 2.24) is 9.78 Å². The molecule has 0 fully saturated rings. The Hall–Kier alpha value is -1.71. The Kier molecular flexibility index (Phi) is 4.17. The molecule has 0 saturated heterocycles. The van der Waals surface area contributed by atoms with Gasteiger partial charge in [0.25, 0.3) is 9.05 Å². The molecule has 0 spiro atoms. The first-order valence-corrected chi connectivity index (χ1v) is 7.97. The summed E-state index contributed by atoms with van der Waals surface area (Å²) in [6, 6.07) is 3.85. The Balaban J connectivity index is 2.44. The topological polar surface area (TPSA) is 95.1 Å². The number of benzene rings is 1. The fourth-order valence-corrected chi connectivity index (χ4v) is 2.66. The molecular formula is C10H6Cl2FN3O4S. The Morgan fingerprint density at radius 2 is 2.10 bits per heavy atom. The molecule has 21 heavy (non-hydrogen) atoms. The van der Waals surface area contributed by atoms with E-state index in [0.29, 0.717) is 0 Å². The Morgan fingerprint density at radius 1 is 1.43 bits per heavy atom. The van der Waals surface area contributed by atoms with Crippen molar-refractivity contribution in [3.63, 3.8) is 0 Å². The monoisotopic (exact) mass is 353 g/mol. The van der Waals surface area contributed by atoms with E-state index >= 15 is 0 Å². The van der Waals surface area contributed by atoms with Crippen molar-refractivity contribution in [3.05, 3.63) is 50.9 Å². The lowest BCUT2D eigenvalue weighted by Gasteiger charge is -2.01. The molecule has 2 rings (SSSR count). The first-order valence-electron chi connectivity index (χ1n) is 5.29.